The summed E-state index contributed by atoms with van der Waals surface area (Å²) in [7, 11) is 0. The van der Waals surface area contributed by atoms with Gasteiger partial charge < -0.3 is 19.0 Å². The fourth-order valence-electron chi connectivity index (χ4n) is 4.82. The molecule has 2 N–H and O–H groups in total. The van der Waals surface area contributed by atoms with Gasteiger partial charge in [-0.25, -0.2) is 9.59 Å². The number of amides is 1. The number of rotatable bonds is 7. The van der Waals surface area contributed by atoms with E-state index in [0.29, 0.717) is 11.1 Å². The minimum atomic E-state index is -0.682. The molecule has 3 heterocycles. The zero-order valence-corrected chi connectivity index (χ0v) is 20.8. The highest BCUT2D eigenvalue weighted by atomic mass is 16.5. The van der Waals surface area contributed by atoms with Gasteiger partial charge in [-0.15, -0.1) is 0 Å². The highest BCUT2D eigenvalue weighted by Crippen LogP contribution is 2.25. The summed E-state index contributed by atoms with van der Waals surface area (Å²) in [5.74, 6) is 0. The third kappa shape index (κ3) is 5.44. The van der Waals surface area contributed by atoms with E-state index in [0.717, 1.165) is 67.5 Å². The van der Waals surface area contributed by atoms with E-state index in [9.17, 15) is 14.9 Å². The predicted octanol–water partition coefficient (Wildman–Crippen LogP) is 4.47. The number of aromatic amines is 1. The zero-order valence-electron chi connectivity index (χ0n) is 20.8. The van der Waals surface area contributed by atoms with Crippen LogP contribution in [0.5, 0.6) is 0 Å². The Balaban J connectivity index is 1.17. The molecule has 9 heteroatoms. The minimum Gasteiger partial charge on any atom is -0.450 e. The van der Waals surface area contributed by atoms with E-state index < -0.39 is 11.7 Å². The first-order valence-corrected chi connectivity index (χ1v) is 12.5. The number of nitrogens with zero attached hydrogens (tertiary/aromatic N) is 3. The Kier molecular flexibility index (Phi) is 7.10. The number of fused-ring (bicyclic) bond motifs is 2. The SMILES string of the molecule is CCOC(=O)Nc1cc2cc(N3CCN(CCCc4ccc5[nH]cc(C#N)c5c4)CC3)ccc2oc1=O. The minimum absolute atomic E-state index is 0.0624. The van der Waals surface area contributed by atoms with Gasteiger partial charge in [-0.3, -0.25) is 10.2 Å². The molecule has 2 aromatic heterocycles. The van der Waals surface area contributed by atoms with Crippen LogP contribution in [0.25, 0.3) is 21.9 Å². The van der Waals surface area contributed by atoms with Crippen molar-refractivity contribution in [3.05, 3.63) is 70.2 Å². The van der Waals surface area contributed by atoms with Gasteiger partial charge in [0.05, 0.1) is 12.2 Å². The summed E-state index contributed by atoms with van der Waals surface area (Å²) in [5.41, 5.74) is 3.92. The van der Waals surface area contributed by atoms with Crippen molar-refractivity contribution >= 4 is 39.3 Å². The Hall–Kier alpha value is -4.29. The van der Waals surface area contributed by atoms with Crippen LogP contribution in [0.1, 0.15) is 24.5 Å². The molecule has 0 bridgehead atoms. The summed E-state index contributed by atoms with van der Waals surface area (Å²) in [6.07, 6.45) is 3.12. The molecule has 1 aliphatic rings. The Morgan fingerprint density at radius 2 is 2.00 bits per heavy atom. The summed E-state index contributed by atoms with van der Waals surface area (Å²) in [6, 6.07) is 15.9. The summed E-state index contributed by atoms with van der Waals surface area (Å²) in [5, 5.41) is 13.5. The second-order valence-corrected chi connectivity index (χ2v) is 9.14. The van der Waals surface area contributed by atoms with Crippen LogP contribution in [-0.2, 0) is 11.2 Å². The number of ether oxygens (including phenoxy) is 1. The molecule has 37 heavy (non-hydrogen) atoms. The number of nitrogens with one attached hydrogen (secondary N) is 2. The fraction of sp³-hybridized carbons (Fsp3) is 0.321. The largest absolute Gasteiger partial charge is 0.450 e. The van der Waals surface area contributed by atoms with Crippen LogP contribution in [0.4, 0.5) is 16.2 Å². The molecule has 1 amide bonds. The van der Waals surface area contributed by atoms with E-state index in [1.807, 2.05) is 12.1 Å². The van der Waals surface area contributed by atoms with Crippen LogP contribution in [0.3, 0.4) is 0 Å². The van der Waals surface area contributed by atoms with Crippen molar-refractivity contribution in [3.63, 3.8) is 0 Å². The number of nitriles is 1. The van der Waals surface area contributed by atoms with Crippen molar-refractivity contribution in [1.82, 2.24) is 9.88 Å². The van der Waals surface area contributed by atoms with Crippen LogP contribution in [-0.4, -0.2) is 55.3 Å². The second-order valence-electron chi connectivity index (χ2n) is 9.14. The predicted molar refractivity (Wildman–Crippen MR) is 143 cm³/mol. The fourth-order valence-corrected chi connectivity index (χ4v) is 4.82. The average Bonchev–Trinajstić information content (AvgIpc) is 3.32. The van der Waals surface area contributed by atoms with Gasteiger partial charge in [0.15, 0.2) is 0 Å². The van der Waals surface area contributed by atoms with Crippen LogP contribution >= 0.6 is 0 Å². The molecule has 190 valence electrons. The normalized spacial score (nSPS) is 14.1. The van der Waals surface area contributed by atoms with Gasteiger partial charge in [0.1, 0.15) is 17.3 Å². The molecule has 0 atom stereocenters. The van der Waals surface area contributed by atoms with E-state index in [2.05, 4.69) is 44.4 Å². The number of H-pyrrole nitrogens is 1. The Morgan fingerprint density at radius 1 is 1.16 bits per heavy atom. The highest BCUT2D eigenvalue weighted by Gasteiger charge is 2.18. The van der Waals surface area contributed by atoms with Gasteiger partial charge in [0.25, 0.3) is 0 Å². The summed E-state index contributed by atoms with van der Waals surface area (Å²) in [4.78, 5) is 31.9. The van der Waals surface area contributed by atoms with Crippen molar-refractivity contribution in [3.8, 4) is 6.07 Å². The number of piperazine rings is 1. The van der Waals surface area contributed by atoms with Gasteiger partial charge >= 0.3 is 11.7 Å². The monoisotopic (exact) mass is 499 g/mol. The van der Waals surface area contributed by atoms with Crippen LogP contribution in [0, 0.1) is 11.3 Å². The molecule has 0 saturated carbocycles. The maximum Gasteiger partial charge on any atom is 0.411 e. The molecule has 0 aliphatic carbocycles. The van der Waals surface area contributed by atoms with E-state index in [1.165, 1.54) is 5.56 Å². The third-order valence-corrected chi connectivity index (χ3v) is 6.77. The maximum atomic E-state index is 12.2. The highest BCUT2D eigenvalue weighted by molar-refractivity contribution is 5.89. The lowest BCUT2D eigenvalue weighted by Gasteiger charge is -2.36. The first-order valence-electron chi connectivity index (χ1n) is 12.5. The molecule has 1 aliphatic heterocycles. The van der Waals surface area contributed by atoms with Crippen molar-refractivity contribution in [2.45, 2.75) is 19.8 Å². The molecule has 1 saturated heterocycles. The van der Waals surface area contributed by atoms with Crippen LogP contribution < -0.4 is 15.8 Å². The number of carbonyl (C=O) groups excluding carboxylic acids is 1. The van der Waals surface area contributed by atoms with E-state index in [1.54, 1.807) is 25.3 Å². The van der Waals surface area contributed by atoms with Crippen molar-refractivity contribution in [1.29, 1.82) is 5.26 Å². The van der Waals surface area contributed by atoms with Crippen LogP contribution in [0.15, 0.2) is 57.9 Å². The smallest absolute Gasteiger partial charge is 0.411 e. The number of benzene rings is 2. The van der Waals surface area contributed by atoms with Gasteiger partial charge in [-0.1, -0.05) is 6.07 Å². The lowest BCUT2D eigenvalue weighted by molar-refractivity contribution is 0.168. The average molecular weight is 500 g/mol. The van der Waals surface area contributed by atoms with Gasteiger partial charge in [-0.05, 0) is 68.3 Å². The molecule has 4 aromatic rings. The summed E-state index contributed by atoms with van der Waals surface area (Å²) >= 11 is 0. The number of hydrogen-bond donors (Lipinski definition) is 2. The number of hydrogen-bond acceptors (Lipinski definition) is 7. The van der Waals surface area contributed by atoms with Gasteiger partial charge in [0.2, 0.25) is 0 Å². The zero-order chi connectivity index (χ0) is 25.8. The van der Waals surface area contributed by atoms with Crippen molar-refractivity contribution in [2.24, 2.45) is 0 Å². The Bertz CT molecular complexity index is 1530. The van der Waals surface area contributed by atoms with E-state index >= 15 is 0 Å². The van der Waals surface area contributed by atoms with Crippen LogP contribution in [0.2, 0.25) is 0 Å². The number of aromatic nitrogens is 1. The molecular formula is C28H29N5O4. The Morgan fingerprint density at radius 3 is 2.78 bits per heavy atom. The first-order chi connectivity index (χ1) is 18.0. The second kappa shape index (κ2) is 10.8. The molecular weight excluding hydrogens is 470 g/mol. The molecule has 9 nitrogen and oxygen atoms in total. The quantitative estimate of drug-likeness (QED) is 0.361. The molecule has 0 radical (unpaired) electrons. The molecule has 5 rings (SSSR count). The third-order valence-electron chi connectivity index (χ3n) is 6.77. The van der Waals surface area contributed by atoms with Gasteiger partial charge in [0, 0.05) is 54.4 Å². The lowest BCUT2D eigenvalue weighted by atomic mass is 10.1. The maximum absolute atomic E-state index is 12.2. The molecule has 2 aromatic carbocycles. The number of anilines is 2. The van der Waals surface area contributed by atoms with Gasteiger partial charge in [-0.2, -0.15) is 5.26 Å². The first kappa shape index (κ1) is 24.4. The standard InChI is InChI=1S/C28H29N5O4/c1-2-36-28(35)31-25-16-20-15-22(6-8-26(20)37-27(25)34)33-12-10-32(11-13-33)9-3-4-19-5-7-24-23(14-19)21(17-29)18-30-24/h5-8,14-16,18,30H,2-4,9-13H2,1H3,(H,31,35). The van der Waals surface area contributed by atoms with Crippen molar-refractivity contribution < 1.29 is 13.9 Å². The van der Waals surface area contributed by atoms with E-state index in [-0.39, 0.29) is 12.3 Å². The number of carbonyl (C=O) groups is 1. The topological polar surface area (TPSA) is 115 Å². The van der Waals surface area contributed by atoms with E-state index in [4.69, 9.17) is 9.15 Å². The molecule has 0 unspecified atom stereocenters. The van der Waals surface area contributed by atoms with Crippen molar-refractivity contribution in [2.75, 3.05) is 49.5 Å². The summed E-state index contributed by atoms with van der Waals surface area (Å²) < 4.78 is 10.2. The summed E-state index contributed by atoms with van der Waals surface area (Å²) in [6.45, 7) is 6.67. The molecule has 0 spiro atoms. The lowest BCUT2D eigenvalue weighted by Crippen LogP contribution is -2.46. The molecule has 1 fully saturated rings. The number of aryl methyl sites for hydroxylation is 1. The Labute approximate surface area is 214 Å².